The molecule has 0 radical (unpaired) electrons. The summed E-state index contributed by atoms with van der Waals surface area (Å²) >= 11 is 0. The predicted octanol–water partition coefficient (Wildman–Crippen LogP) is 5.73. The molecule has 5 rings (SSSR count). The maximum Gasteiger partial charge on any atom is 0.248 e. The highest BCUT2D eigenvalue weighted by Gasteiger charge is 2.35. The van der Waals surface area contributed by atoms with Gasteiger partial charge in [-0.25, -0.2) is 13.8 Å². The van der Waals surface area contributed by atoms with E-state index in [4.69, 9.17) is 0 Å². The van der Waals surface area contributed by atoms with Gasteiger partial charge in [0.15, 0.2) is 0 Å². The van der Waals surface area contributed by atoms with Crippen LogP contribution in [0.2, 0.25) is 0 Å². The van der Waals surface area contributed by atoms with E-state index >= 15 is 0 Å². The van der Waals surface area contributed by atoms with Gasteiger partial charge >= 0.3 is 0 Å². The number of halogens is 2. The molecule has 0 bridgehead atoms. The van der Waals surface area contributed by atoms with Gasteiger partial charge in [0.2, 0.25) is 5.92 Å². The first-order chi connectivity index (χ1) is 12.6. The van der Waals surface area contributed by atoms with Crippen molar-refractivity contribution < 1.29 is 8.78 Å². The van der Waals surface area contributed by atoms with Crippen molar-refractivity contribution in [2.24, 2.45) is 0 Å². The fourth-order valence-electron chi connectivity index (χ4n) is 4.05. The highest BCUT2D eigenvalue weighted by Crippen LogP contribution is 2.41. The van der Waals surface area contributed by atoms with E-state index in [0.29, 0.717) is 18.8 Å². The Labute approximate surface area is 151 Å². The van der Waals surface area contributed by atoms with Gasteiger partial charge in [-0.1, -0.05) is 6.07 Å². The summed E-state index contributed by atoms with van der Waals surface area (Å²) in [6.45, 7) is 0. The number of imidazole rings is 1. The molecule has 2 saturated carbocycles. The molecule has 0 spiro atoms. The lowest BCUT2D eigenvalue weighted by Gasteiger charge is -2.29. The van der Waals surface area contributed by atoms with Crippen LogP contribution in [0, 0.1) is 0 Å². The first-order valence-corrected chi connectivity index (χ1v) is 9.40. The van der Waals surface area contributed by atoms with Crippen molar-refractivity contribution in [3.63, 3.8) is 0 Å². The van der Waals surface area contributed by atoms with Crippen molar-refractivity contribution in [3.05, 3.63) is 48.4 Å². The minimum atomic E-state index is -2.51. The fourth-order valence-corrected chi connectivity index (χ4v) is 4.05. The average Bonchev–Trinajstić information content (AvgIpc) is 3.42. The number of hydrogen-bond donors (Lipinski definition) is 0. The van der Waals surface area contributed by atoms with Crippen LogP contribution >= 0.6 is 0 Å². The second kappa shape index (κ2) is 5.86. The zero-order valence-corrected chi connectivity index (χ0v) is 14.5. The van der Waals surface area contributed by atoms with Crippen LogP contribution < -0.4 is 0 Å². The van der Waals surface area contributed by atoms with Gasteiger partial charge in [-0.05, 0) is 61.4 Å². The van der Waals surface area contributed by atoms with Gasteiger partial charge in [0.05, 0.1) is 23.1 Å². The molecule has 1 aromatic carbocycles. The quantitative estimate of drug-likeness (QED) is 0.602. The Hall–Kier alpha value is -2.30. The summed E-state index contributed by atoms with van der Waals surface area (Å²) in [7, 11) is 0. The Kier molecular flexibility index (Phi) is 3.59. The van der Waals surface area contributed by atoms with Crippen LogP contribution in [-0.4, -0.2) is 20.5 Å². The normalized spacial score (nSPS) is 20.5. The molecule has 2 aliphatic rings. The molecule has 2 aromatic heterocycles. The molecule has 2 heterocycles. The number of alkyl halides is 2. The number of nitrogens with zero attached hydrogens (tertiary/aromatic N) is 3. The summed E-state index contributed by atoms with van der Waals surface area (Å²) in [6.07, 6.45) is 7.13. The van der Waals surface area contributed by atoms with E-state index < -0.39 is 5.92 Å². The van der Waals surface area contributed by atoms with Crippen molar-refractivity contribution in [1.29, 1.82) is 0 Å². The van der Waals surface area contributed by atoms with E-state index in [2.05, 4.69) is 32.7 Å². The first kappa shape index (κ1) is 15.9. The third kappa shape index (κ3) is 2.89. The maximum atomic E-state index is 13.5. The van der Waals surface area contributed by atoms with E-state index in [1.807, 2.05) is 18.3 Å². The summed E-state index contributed by atoms with van der Waals surface area (Å²) in [5.41, 5.74) is 5.31. The molecule has 3 nitrogen and oxygen atoms in total. The summed E-state index contributed by atoms with van der Waals surface area (Å²) < 4.78 is 29.1. The molecule has 5 heteroatoms. The van der Waals surface area contributed by atoms with Gasteiger partial charge in [0, 0.05) is 30.6 Å². The Morgan fingerprint density at radius 3 is 2.54 bits per heavy atom. The monoisotopic (exact) mass is 353 g/mol. The van der Waals surface area contributed by atoms with Gasteiger partial charge in [-0.3, -0.25) is 4.98 Å². The van der Waals surface area contributed by atoms with Crippen LogP contribution in [0.3, 0.4) is 0 Å². The lowest BCUT2D eigenvalue weighted by atomic mass is 9.92. The van der Waals surface area contributed by atoms with E-state index in [9.17, 15) is 8.78 Å². The van der Waals surface area contributed by atoms with Gasteiger partial charge in [0.25, 0.3) is 0 Å². The molecule has 0 unspecified atom stereocenters. The highest BCUT2D eigenvalue weighted by atomic mass is 19.3. The van der Waals surface area contributed by atoms with E-state index in [1.165, 1.54) is 18.4 Å². The zero-order chi connectivity index (χ0) is 17.7. The molecular formula is C21H21F2N3. The summed E-state index contributed by atoms with van der Waals surface area (Å²) in [5.74, 6) is -1.82. The SMILES string of the molecule is FC1(F)CCC(n2cnc3ccc(-c4cc(C5CC5)ccn4)cc32)CC1. The van der Waals surface area contributed by atoms with Crippen LogP contribution in [0.5, 0.6) is 0 Å². The van der Waals surface area contributed by atoms with Crippen molar-refractivity contribution in [2.45, 2.75) is 56.4 Å². The van der Waals surface area contributed by atoms with Gasteiger partial charge < -0.3 is 4.57 Å². The summed E-state index contributed by atoms with van der Waals surface area (Å²) in [6, 6.07) is 10.5. The molecule has 2 fully saturated rings. The number of hydrogen-bond acceptors (Lipinski definition) is 2. The van der Waals surface area contributed by atoms with Gasteiger partial charge in [0.1, 0.15) is 0 Å². The molecule has 0 amide bonds. The van der Waals surface area contributed by atoms with Gasteiger partial charge in [-0.15, -0.1) is 0 Å². The molecule has 0 atom stereocenters. The minimum Gasteiger partial charge on any atom is -0.327 e. The molecule has 26 heavy (non-hydrogen) atoms. The third-order valence-corrected chi connectivity index (χ3v) is 5.78. The smallest absolute Gasteiger partial charge is 0.248 e. The fraction of sp³-hybridized carbons (Fsp3) is 0.429. The largest absolute Gasteiger partial charge is 0.327 e. The summed E-state index contributed by atoms with van der Waals surface area (Å²) in [4.78, 5) is 9.02. The van der Waals surface area contributed by atoms with Crippen molar-refractivity contribution in [2.75, 3.05) is 0 Å². The highest BCUT2D eigenvalue weighted by molar-refractivity contribution is 5.81. The maximum absolute atomic E-state index is 13.5. The van der Waals surface area contributed by atoms with Crippen LogP contribution in [0.15, 0.2) is 42.9 Å². The Balaban J connectivity index is 1.50. The van der Waals surface area contributed by atoms with Crippen LogP contribution in [0.25, 0.3) is 22.3 Å². The second-order valence-corrected chi connectivity index (χ2v) is 7.69. The van der Waals surface area contributed by atoms with Crippen LogP contribution in [0.4, 0.5) is 8.78 Å². The number of pyridine rings is 1. The van der Waals surface area contributed by atoms with E-state index in [0.717, 1.165) is 22.3 Å². The number of aromatic nitrogens is 3. The van der Waals surface area contributed by atoms with E-state index in [-0.39, 0.29) is 18.9 Å². The lowest BCUT2D eigenvalue weighted by molar-refractivity contribution is -0.0436. The number of benzene rings is 1. The lowest BCUT2D eigenvalue weighted by Crippen LogP contribution is -2.26. The van der Waals surface area contributed by atoms with Gasteiger partial charge in [-0.2, -0.15) is 0 Å². The average molecular weight is 353 g/mol. The molecule has 3 aromatic rings. The van der Waals surface area contributed by atoms with Crippen LogP contribution in [-0.2, 0) is 0 Å². The minimum absolute atomic E-state index is 0.0397. The molecule has 0 saturated heterocycles. The standard InChI is InChI=1S/C21H21F2N3/c22-21(23)8-5-17(6-9-21)26-13-25-18-4-3-16(12-20(18)26)19-11-15(7-10-24-19)14-1-2-14/h3-4,7,10-14,17H,1-2,5-6,8-9H2. The molecular weight excluding hydrogens is 332 g/mol. The van der Waals surface area contributed by atoms with E-state index in [1.54, 1.807) is 6.33 Å². The third-order valence-electron chi connectivity index (χ3n) is 5.78. The number of rotatable bonds is 3. The molecule has 0 aliphatic heterocycles. The Morgan fingerprint density at radius 2 is 1.77 bits per heavy atom. The van der Waals surface area contributed by atoms with Crippen LogP contribution in [0.1, 0.15) is 56.0 Å². The first-order valence-electron chi connectivity index (χ1n) is 9.40. The van der Waals surface area contributed by atoms with Crippen molar-refractivity contribution in [1.82, 2.24) is 14.5 Å². The zero-order valence-electron chi connectivity index (χ0n) is 14.5. The molecule has 134 valence electrons. The Morgan fingerprint density at radius 1 is 0.962 bits per heavy atom. The van der Waals surface area contributed by atoms with Crippen molar-refractivity contribution >= 4 is 11.0 Å². The molecule has 2 aliphatic carbocycles. The topological polar surface area (TPSA) is 30.7 Å². The molecule has 0 N–H and O–H groups in total. The second-order valence-electron chi connectivity index (χ2n) is 7.69. The van der Waals surface area contributed by atoms with Crippen molar-refractivity contribution in [3.8, 4) is 11.3 Å². The Bertz CT molecular complexity index is 949. The summed E-state index contributed by atoms with van der Waals surface area (Å²) in [5, 5.41) is 0. The number of fused-ring (bicyclic) bond motifs is 1. The predicted molar refractivity (Wildman–Crippen MR) is 97.4 cm³/mol.